The molecule has 2 aromatic carbocycles. The smallest absolute Gasteiger partial charge is 0.326 e. The average molecular weight is 586 g/mol. The molecule has 3 aromatic rings. The van der Waals surface area contributed by atoms with Crippen LogP contribution in [0.15, 0.2) is 66.7 Å². The average Bonchev–Trinajstić information content (AvgIpc) is 3.55. The lowest BCUT2D eigenvalue weighted by Gasteiger charge is -2.35. The van der Waals surface area contributed by atoms with E-state index in [9.17, 15) is 14.7 Å². The number of benzene rings is 2. The summed E-state index contributed by atoms with van der Waals surface area (Å²) in [5, 5.41) is 14.4. The van der Waals surface area contributed by atoms with Crippen LogP contribution in [0.4, 0.5) is 0 Å². The summed E-state index contributed by atoms with van der Waals surface area (Å²) in [6, 6.07) is 19.3. The van der Waals surface area contributed by atoms with Gasteiger partial charge >= 0.3 is 5.97 Å². The molecule has 0 unspecified atom stereocenters. The molecule has 8 heteroatoms. The molecule has 0 saturated carbocycles. The number of nitrogens with one attached hydrogen (secondary N) is 1. The van der Waals surface area contributed by atoms with E-state index in [1.165, 1.54) is 0 Å². The van der Waals surface area contributed by atoms with Gasteiger partial charge in [-0.1, -0.05) is 96.1 Å². The summed E-state index contributed by atoms with van der Waals surface area (Å²) in [5.74, 6) is -0.562. The van der Waals surface area contributed by atoms with Gasteiger partial charge < -0.3 is 24.8 Å². The number of carbonyl (C=O) groups is 2. The molecular weight excluding hydrogens is 542 g/mol. The number of ether oxygens (including phenoxy) is 2. The van der Waals surface area contributed by atoms with E-state index in [0.29, 0.717) is 24.6 Å². The molecule has 1 aromatic heterocycles. The minimum absolute atomic E-state index is 0.141. The second kappa shape index (κ2) is 11.6. The van der Waals surface area contributed by atoms with E-state index < -0.39 is 35.5 Å². The van der Waals surface area contributed by atoms with E-state index in [1.807, 2.05) is 87.5 Å². The molecule has 3 heterocycles. The number of aromatic nitrogens is 1. The third kappa shape index (κ3) is 5.98. The molecule has 228 valence electrons. The number of methoxy groups -OCH3 is 1. The third-order valence-corrected chi connectivity index (χ3v) is 8.67. The first-order chi connectivity index (χ1) is 20.3. The zero-order valence-electron chi connectivity index (χ0n) is 26.1. The molecule has 2 aliphatic rings. The van der Waals surface area contributed by atoms with Crippen molar-refractivity contribution < 1.29 is 24.2 Å². The lowest BCUT2D eigenvalue weighted by molar-refractivity contribution is -0.155. The highest BCUT2D eigenvalue weighted by Crippen LogP contribution is 2.49. The fourth-order valence-corrected chi connectivity index (χ4v) is 6.64. The Morgan fingerprint density at radius 1 is 1.00 bits per heavy atom. The molecule has 43 heavy (non-hydrogen) atoms. The summed E-state index contributed by atoms with van der Waals surface area (Å²) in [6.07, 6.45) is -0.389. The first-order valence-electron chi connectivity index (χ1n) is 14.9. The Morgan fingerprint density at radius 3 is 2.28 bits per heavy atom. The van der Waals surface area contributed by atoms with Crippen molar-refractivity contribution in [2.24, 2.45) is 11.3 Å². The van der Waals surface area contributed by atoms with E-state index >= 15 is 0 Å². The Balaban J connectivity index is 1.56. The highest BCUT2D eigenvalue weighted by Gasteiger charge is 2.59. The molecule has 8 nitrogen and oxygen atoms in total. The Morgan fingerprint density at radius 2 is 1.67 bits per heavy atom. The number of hydrogen-bond donors (Lipinski definition) is 2. The quantitative estimate of drug-likeness (QED) is 0.375. The summed E-state index contributed by atoms with van der Waals surface area (Å²) >= 11 is 0. The van der Waals surface area contributed by atoms with Crippen LogP contribution in [-0.4, -0.2) is 52.2 Å². The van der Waals surface area contributed by atoms with Crippen LogP contribution in [0.1, 0.15) is 70.0 Å². The van der Waals surface area contributed by atoms with Crippen molar-refractivity contribution >= 4 is 11.9 Å². The molecule has 1 amide bonds. The molecule has 2 N–H and O–H groups in total. The minimum atomic E-state index is -1.06. The standard InChI is InChI=1S/C35H43N3O5/c1-34(2,3)26-18-17-23(31(37-26)42-7)20-36-28-27(35(4,5)6)30(33(40)41)38(29(28)21-13-9-8-10-14-21)32(39)25-19-22-15-11-12-16-24(22)43-25/h8-18,25,27-30,36H,19-20H2,1-7H3,(H,40,41)/t25-,27+,28+,29+,30+/m1/s1. The van der Waals surface area contributed by atoms with Gasteiger partial charge in [-0.05, 0) is 28.7 Å². The van der Waals surface area contributed by atoms with Gasteiger partial charge in [-0.15, -0.1) is 0 Å². The maximum Gasteiger partial charge on any atom is 0.326 e. The summed E-state index contributed by atoms with van der Waals surface area (Å²) in [5.41, 5.74) is 3.00. The van der Waals surface area contributed by atoms with Crippen LogP contribution in [0, 0.1) is 11.3 Å². The predicted molar refractivity (Wildman–Crippen MR) is 165 cm³/mol. The van der Waals surface area contributed by atoms with Crippen LogP contribution in [0.25, 0.3) is 0 Å². The van der Waals surface area contributed by atoms with E-state index in [-0.39, 0.29) is 17.4 Å². The van der Waals surface area contributed by atoms with Crippen LogP contribution in [0.3, 0.4) is 0 Å². The predicted octanol–water partition coefficient (Wildman–Crippen LogP) is 5.55. The van der Waals surface area contributed by atoms with Crippen molar-refractivity contribution in [2.75, 3.05) is 7.11 Å². The number of likely N-dealkylation sites (tertiary alicyclic amines) is 1. The zero-order valence-corrected chi connectivity index (χ0v) is 26.1. The topological polar surface area (TPSA) is 101 Å². The van der Waals surface area contributed by atoms with Gasteiger partial charge in [0.05, 0.1) is 13.2 Å². The van der Waals surface area contributed by atoms with Crippen LogP contribution in [-0.2, 0) is 28.0 Å². The largest absolute Gasteiger partial charge is 0.481 e. The first kappa shape index (κ1) is 30.5. The number of carboxylic acids is 1. The second-order valence-corrected chi connectivity index (χ2v) is 13.7. The number of amides is 1. The van der Waals surface area contributed by atoms with E-state index in [1.54, 1.807) is 12.0 Å². The number of pyridine rings is 1. The number of carbonyl (C=O) groups excluding carboxylic acids is 1. The second-order valence-electron chi connectivity index (χ2n) is 13.7. The van der Waals surface area contributed by atoms with Gasteiger partial charge in [0, 0.05) is 41.6 Å². The summed E-state index contributed by atoms with van der Waals surface area (Å²) in [7, 11) is 1.61. The van der Waals surface area contributed by atoms with Gasteiger partial charge in [0.1, 0.15) is 11.8 Å². The van der Waals surface area contributed by atoms with Gasteiger partial charge in [-0.2, -0.15) is 0 Å². The van der Waals surface area contributed by atoms with Gasteiger partial charge in [0.2, 0.25) is 5.88 Å². The van der Waals surface area contributed by atoms with Crippen molar-refractivity contribution in [1.82, 2.24) is 15.2 Å². The van der Waals surface area contributed by atoms with Gasteiger partial charge in [-0.3, -0.25) is 4.79 Å². The Hall–Kier alpha value is -3.91. The van der Waals surface area contributed by atoms with Crippen LogP contribution < -0.4 is 14.8 Å². The van der Waals surface area contributed by atoms with Crippen molar-refractivity contribution in [1.29, 1.82) is 0 Å². The maximum absolute atomic E-state index is 14.4. The van der Waals surface area contributed by atoms with Crippen LogP contribution >= 0.6 is 0 Å². The lowest BCUT2D eigenvalue weighted by Crippen LogP contribution is -2.51. The monoisotopic (exact) mass is 585 g/mol. The van der Waals surface area contributed by atoms with Crippen molar-refractivity contribution in [2.45, 2.75) is 84.2 Å². The lowest BCUT2D eigenvalue weighted by atomic mass is 9.72. The maximum atomic E-state index is 14.4. The van der Waals surface area contributed by atoms with E-state index in [0.717, 1.165) is 22.4 Å². The summed E-state index contributed by atoms with van der Waals surface area (Å²) in [6.45, 7) is 12.8. The summed E-state index contributed by atoms with van der Waals surface area (Å²) in [4.78, 5) is 33.9. The molecule has 0 bridgehead atoms. The molecule has 0 spiro atoms. The van der Waals surface area contributed by atoms with Crippen molar-refractivity contribution in [3.05, 3.63) is 89.1 Å². The third-order valence-electron chi connectivity index (χ3n) is 8.67. The molecular formula is C35H43N3O5. The molecule has 0 aliphatic carbocycles. The highest BCUT2D eigenvalue weighted by molar-refractivity contribution is 5.89. The number of fused-ring (bicyclic) bond motifs is 1. The normalized spacial score (nSPS) is 23.5. The van der Waals surface area contributed by atoms with E-state index in [4.69, 9.17) is 14.5 Å². The molecule has 5 rings (SSSR count). The fourth-order valence-electron chi connectivity index (χ4n) is 6.64. The molecule has 0 radical (unpaired) electrons. The molecule has 2 aliphatic heterocycles. The van der Waals surface area contributed by atoms with Gasteiger partial charge in [0.25, 0.3) is 5.91 Å². The van der Waals surface area contributed by atoms with Crippen molar-refractivity contribution in [3.63, 3.8) is 0 Å². The number of para-hydroxylation sites is 1. The number of rotatable bonds is 7. The fraction of sp³-hybridized carbons (Fsp3) is 0.457. The van der Waals surface area contributed by atoms with Crippen LogP contribution in [0.2, 0.25) is 0 Å². The Bertz CT molecular complexity index is 1450. The number of hydrogen-bond acceptors (Lipinski definition) is 6. The number of nitrogens with zero attached hydrogens (tertiary/aromatic N) is 2. The van der Waals surface area contributed by atoms with Crippen LogP contribution in [0.5, 0.6) is 11.6 Å². The number of carboxylic acid groups (broad SMARTS) is 1. The SMILES string of the molecule is COc1nc(C(C)(C)C)ccc1CN[C@H]1[C@H](C(C)(C)C)[C@@H](C(=O)O)N(C(=O)[C@H]2Cc3ccccc3O2)[C@H]1c1ccccc1. The first-order valence-corrected chi connectivity index (χ1v) is 14.9. The summed E-state index contributed by atoms with van der Waals surface area (Å²) < 4.78 is 11.8. The van der Waals surface area contributed by atoms with E-state index in [2.05, 4.69) is 26.1 Å². The molecule has 5 atom stereocenters. The Labute approximate surface area is 254 Å². The zero-order chi connectivity index (χ0) is 31.1. The van der Waals surface area contributed by atoms with Gasteiger partial charge in [0.15, 0.2) is 6.10 Å². The minimum Gasteiger partial charge on any atom is -0.481 e. The van der Waals surface area contributed by atoms with Crippen molar-refractivity contribution in [3.8, 4) is 11.6 Å². The number of aliphatic carboxylic acids is 1. The molecule has 1 fully saturated rings. The highest BCUT2D eigenvalue weighted by atomic mass is 16.5. The van der Waals surface area contributed by atoms with Gasteiger partial charge in [-0.25, -0.2) is 9.78 Å². The Kier molecular flexibility index (Phi) is 8.27. The molecule has 1 saturated heterocycles.